The summed E-state index contributed by atoms with van der Waals surface area (Å²) in [6.07, 6.45) is 8.80. The lowest BCUT2D eigenvalue weighted by Gasteiger charge is -2.06. The molecule has 0 aromatic carbocycles. The Bertz CT molecular complexity index is 517. The first-order valence-corrected chi connectivity index (χ1v) is 5.77. The van der Waals surface area contributed by atoms with Crippen molar-refractivity contribution in [3.05, 3.63) is 36.3 Å². The molecule has 2 N–H and O–H groups in total. The van der Waals surface area contributed by atoms with Gasteiger partial charge in [0.1, 0.15) is 16.5 Å². The largest absolute Gasteiger partial charge is 0.388 e. The lowest BCUT2D eigenvalue weighted by atomic mass is 10.3. The SMILES string of the molecule is CCCc1nccn1-c1cnc(C(N)=S)cn1. The predicted octanol–water partition coefficient (Wildman–Crippen LogP) is 1.25. The molecule has 0 fully saturated rings. The van der Waals surface area contributed by atoms with Gasteiger partial charge in [-0.1, -0.05) is 19.1 Å². The molecule has 2 rings (SSSR count). The third kappa shape index (κ3) is 2.47. The number of nitrogens with two attached hydrogens (primary N) is 1. The number of aromatic nitrogens is 4. The third-order valence-corrected chi connectivity index (χ3v) is 2.54. The Kier molecular flexibility index (Phi) is 3.43. The second kappa shape index (κ2) is 5.01. The van der Waals surface area contributed by atoms with Crippen LogP contribution in [0.25, 0.3) is 5.82 Å². The van der Waals surface area contributed by atoms with Crippen LogP contribution in [0.1, 0.15) is 24.9 Å². The van der Waals surface area contributed by atoms with Crippen LogP contribution in [0.2, 0.25) is 0 Å². The van der Waals surface area contributed by atoms with Crippen molar-refractivity contribution >= 4 is 17.2 Å². The minimum Gasteiger partial charge on any atom is -0.388 e. The molecule has 2 aromatic rings. The first-order chi connectivity index (χ1) is 8.22. The van der Waals surface area contributed by atoms with Crippen LogP contribution in [0.15, 0.2) is 24.8 Å². The zero-order chi connectivity index (χ0) is 12.3. The fourth-order valence-electron chi connectivity index (χ4n) is 1.52. The Morgan fingerprint density at radius 2 is 2.18 bits per heavy atom. The first kappa shape index (κ1) is 11.7. The van der Waals surface area contributed by atoms with Crippen molar-refractivity contribution in [1.29, 1.82) is 0 Å². The van der Waals surface area contributed by atoms with Crippen LogP contribution in [0, 0.1) is 0 Å². The summed E-state index contributed by atoms with van der Waals surface area (Å²) in [5.74, 6) is 1.70. The first-order valence-electron chi connectivity index (χ1n) is 5.36. The Hall–Kier alpha value is -1.82. The van der Waals surface area contributed by atoms with Gasteiger partial charge in [-0.3, -0.25) is 4.57 Å². The molecule has 0 aliphatic rings. The Labute approximate surface area is 105 Å². The third-order valence-electron chi connectivity index (χ3n) is 2.33. The van der Waals surface area contributed by atoms with Crippen molar-refractivity contribution in [2.75, 3.05) is 0 Å². The molecule has 88 valence electrons. The van der Waals surface area contributed by atoms with Crippen molar-refractivity contribution in [2.45, 2.75) is 19.8 Å². The lowest BCUT2D eigenvalue weighted by Crippen LogP contribution is -2.13. The molecule has 0 atom stereocenters. The fourth-order valence-corrected chi connectivity index (χ4v) is 1.63. The summed E-state index contributed by atoms with van der Waals surface area (Å²) in [6.45, 7) is 2.11. The molecule has 0 amide bonds. The Morgan fingerprint density at radius 3 is 2.76 bits per heavy atom. The highest BCUT2D eigenvalue weighted by Crippen LogP contribution is 2.08. The molecule has 17 heavy (non-hydrogen) atoms. The Balaban J connectivity index is 2.33. The second-order valence-electron chi connectivity index (χ2n) is 3.59. The van der Waals surface area contributed by atoms with Gasteiger partial charge in [-0.15, -0.1) is 0 Å². The highest BCUT2D eigenvalue weighted by molar-refractivity contribution is 7.80. The van der Waals surface area contributed by atoms with E-state index in [0.29, 0.717) is 5.69 Å². The van der Waals surface area contributed by atoms with Gasteiger partial charge in [0, 0.05) is 18.8 Å². The zero-order valence-electron chi connectivity index (χ0n) is 9.50. The van der Waals surface area contributed by atoms with Crippen LogP contribution in [0.5, 0.6) is 0 Å². The normalized spacial score (nSPS) is 10.4. The van der Waals surface area contributed by atoms with E-state index >= 15 is 0 Å². The van der Waals surface area contributed by atoms with Crippen molar-refractivity contribution in [2.24, 2.45) is 5.73 Å². The van der Waals surface area contributed by atoms with Crippen LogP contribution in [-0.2, 0) is 6.42 Å². The standard InChI is InChI=1S/C11H13N5S/c1-2-3-9-13-4-5-16(9)10-7-14-8(6-15-10)11(12)17/h4-7H,2-3H2,1H3,(H2,12,17). The topological polar surface area (TPSA) is 69.6 Å². The molecule has 0 aliphatic carbocycles. The van der Waals surface area contributed by atoms with Gasteiger partial charge in [0.25, 0.3) is 0 Å². The minimum absolute atomic E-state index is 0.253. The molecule has 0 unspecified atom stereocenters. The van der Waals surface area contributed by atoms with E-state index in [2.05, 4.69) is 21.9 Å². The van der Waals surface area contributed by atoms with Gasteiger partial charge in [0.15, 0.2) is 5.82 Å². The van der Waals surface area contributed by atoms with Gasteiger partial charge in [0.05, 0.1) is 12.4 Å². The molecule has 0 saturated heterocycles. The minimum atomic E-state index is 0.253. The van der Waals surface area contributed by atoms with Crippen molar-refractivity contribution in [3.8, 4) is 5.82 Å². The summed E-state index contributed by atoms with van der Waals surface area (Å²) in [7, 11) is 0. The van der Waals surface area contributed by atoms with Gasteiger partial charge < -0.3 is 5.73 Å². The number of hydrogen-bond donors (Lipinski definition) is 1. The van der Waals surface area contributed by atoms with E-state index in [1.54, 1.807) is 18.6 Å². The summed E-state index contributed by atoms with van der Waals surface area (Å²) in [6, 6.07) is 0. The number of thiocarbonyl (C=S) groups is 1. The average molecular weight is 247 g/mol. The molecular formula is C11H13N5S. The average Bonchev–Trinajstić information content (AvgIpc) is 2.78. The number of hydrogen-bond acceptors (Lipinski definition) is 4. The number of aryl methyl sites for hydroxylation is 1. The Morgan fingerprint density at radius 1 is 1.35 bits per heavy atom. The summed E-state index contributed by atoms with van der Waals surface area (Å²) in [5, 5.41) is 0. The highest BCUT2D eigenvalue weighted by Gasteiger charge is 2.06. The number of rotatable bonds is 4. The summed E-state index contributed by atoms with van der Waals surface area (Å²) in [5.41, 5.74) is 6.00. The highest BCUT2D eigenvalue weighted by atomic mass is 32.1. The van der Waals surface area contributed by atoms with E-state index in [4.69, 9.17) is 18.0 Å². The number of nitrogens with zero attached hydrogens (tertiary/aromatic N) is 4. The quantitative estimate of drug-likeness (QED) is 0.823. The molecule has 6 heteroatoms. The monoisotopic (exact) mass is 247 g/mol. The molecular weight excluding hydrogens is 234 g/mol. The molecule has 2 heterocycles. The van der Waals surface area contributed by atoms with E-state index in [-0.39, 0.29) is 4.99 Å². The van der Waals surface area contributed by atoms with E-state index in [9.17, 15) is 0 Å². The molecule has 0 radical (unpaired) electrons. The van der Waals surface area contributed by atoms with Gasteiger partial charge in [0.2, 0.25) is 0 Å². The molecule has 0 aliphatic heterocycles. The lowest BCUT2D eigenvalue weighted by molar-refractivity contribution is 0.795. The van der Waals surface area contributed by atoms with Crippen LogP contribution in [-0.4, -0.2) is 24.5 Å². The zero-order valence-corrected chi connectivity index (χ0v) is 10.3. The van der Waals surface area contributed by atoms with E-state index < -0.39 is 0 Å². The maximum atomic E-state index is 5.47. The van der Waals surface area contributed by atoms with Crippen molar-refractivity contribution in [3.63, 3.8) is 0 Å². The van der Waals surface area contributed by atoms with Gasteiger partial charge in [-0.25, -0.2) is 15.0 Å². The smallest absolute Gasteiger partial charge is 0.156 e. The summed E-state index contributed by atoms with van der Waals surface area (Å²) < 4.78 is 1.92. The van der Waals surface area contributed by atoms with Gasteiger partial charge in [-0.2, -0.15) is 0 Å². The molecule has 5 nitrogen and oxygen atoms in total. The van der Waals surface area contributed by atoms with Gasteiger partial charge in [-0.05, 0) is 6.42 Å². The summed E-state index contributed by atoms with van der Waals surface area (Å²) in [4.78, 5) is 13.0. The maximum Gasteiger partial charge on any atom is 0.156 e. The molecule has 0 saturated carbocycles. The predicted molar refractivity (Wildman–Crippen MR) is 69.0 cm³/mol. The van der Waals surface area contributed by atoms with E-state index in [1.165, 1.54) is 0 Å². The molecule has 0 bridgehead atoms. The van der Waals surface area contributed by atoms with Crippen molar-refractivity contribution in [1.82, 2.24) is 19.5 Å². The fraction of sp³-hybridized carbons (Fsp3) is 0.273. The van der Waals surface area contributed by atoms with E-state index in [0.717, 1.165) is 24.5 Å². The molecule has 2 aromatic heterocycles. The van der Waals surface area contributed by atoms with Gasteiger partial charge >= 0.3 is 0 Å². The molecule has 0 spiro atoms. The second-order valence-corrected chi connectivity index (χ2v) is 4.03. The van der Waals surface area contributed by atoms with Crippen LogP contribution < -0.4 is 5.73 Å². The summed E-state index contributed by atoms with van der Waals surface area (Å²) >= 11 is 4.83. The van der Waals surface area contributed by atoms with Crippen LogP contribution >= 0.6 is 12.2 Å². The maximum absolute atomic E-state index is 5.47. The van der Waals surface area contributed by atoms with Crippen molar-refractivity contribution < 1.29 is 0 Å². The van der Waals surface area contributed by atoms with Crippen LogP contribution in [0.3, 0.4) is 0 Å². The number of imidazole rings is 1. The van der Waals surface area contributed by atoms with Crippen LogP contribution in [0.4, 0.5) is 0 Å². The van der Waals surface area contributed by atoms with E-state index in [1.807, 2.05) is 10.8 Å².